The van der Waals surface area contributed by atoms with E-state index in [1.54, 1.807) is 30.3 Å². The third-order valence-electron chi connectivity index (χ3n) is 2.29. The number of nitrogen functional groups attached to an aromatic ring is 1. The fraction of sp³-hybridized carbons (Fsp3) is 0. The number of hydrogen-bond acceptors (Lipinski definition) is 3. The topological polar surface area (TPSA) is 68.0 Å². The maximum atomic E-state index is 12.0. The molecule has 98 valence electrons. The number of carbonyl (C=O) groups excluding carboxylic acids is 1. The van der Waals surface area contributed by atoms with Crippen molar-refractivity contribution >= 4 is 56.5 Å². The molecule has 4 nitrogen and oxygen atoms in total. The van der Waals surface area contributed by atoms with Gasteiger partial charge in [0.15, 0.2) is 0 Å². The Morgan fingerprint density at radius 1 is 1.21 bits per heavy atom. The SMILES string of the molecule is Nc1cccc(C(=O)Nc2ccc(Br)c(Cl)c2Cl)n1. The molecule has 19 heavy (non-hydrogen) atoms. The van der Waals surface area contributed by atoms with E-state index in [-0.39, 0.29) is 16.5 Å². The highest BCUT2D eigenvalue weighted by atomic mass is 79.9. The van der Waals surface area contributed by atoms with Crippen molar-refractivity contribution in [2.75, 3.05) is 11.1 Å². The van der Waals surface area contributed by atoms with Crippen LogP contribution in [0.15, 0.2) is 34.8 Å². The van der Waals surface area contributed by atoms with Gasteiger partial charge in [-0.05, 0) is 40.2 Å². The number of aromatic nitrogens is 1. The first kappa shape index (κ1) is 14.1. The minimum atomic E-state index is -0.410. The average Bonchev–Trinajstić information content (AvgIpc) is 2.39. The summed E-state index contributed by atoms with van der Waals surface area (Å²) in [4.78, 5) is 15.9. The summed E-state index contributed by atoms with van der Waals surface area (Å²) < 4.78 is 0.652. The van der Waals surface area contributed by atoms with Crippen molar-refractivity contribution in [2.45, 2.75) is 0 Å². The number of benzene rings is 1. The Labute approximate surface area is 128 Å². The molecule has 1 amide bonds. The lowest BCUT2D eigenvalue weighted by Crippen LogP contribution is -2.14. The Bertz CT molecular complexity index is 649. The van der Waals surface area contributed by atoms with Crippen LogP contribution >= 0.6 is 39.1 Å². The molecule has 0 unspecified atom stereocenters. The summed E-state index contributed by atoms with van der Waals surface area (Å²) >= 11 is 15.3. The molecule has 0 aliphatic rings. The van der Waals surface area contributed by atoms with Gasteiger partial charge in [0.25, 0.3) is 5.91 Å². The average molecular weight is 361 g/mol. The predicted molar refractivity (Wildman–Crippen MR) is 80.8 cm³/mol. The van der Waals surface area contributed by atoms with Crippen LogP contribution < -0.4 is 11.1 Å². The summed E-state index contributed by atoms with van der Waals surface area (Å²) in [5.74, 6) is -0.139. The van der Waals surface area contributed by atoms with Crippen molar-refractivity contribution in [1.29, 1.82) is 0 Å². The fourth-order valence-electron chi connectivity index (χ4n) is 1.39. The second-order valence-corrected chi connectivity index (χ2v) is 5.23. The number of nitrogens with zero attached hydrogens (tertiary/aromatic N) is 1. The highest BCUT2D eigenvalue weighted by Gasteiger charge is 2.13. The summed E-state index contributed by atoms with van der Waals surface area (Å²) in [6, 6.07) is 8.13. The minimum absolute atomic E-state index is 0.204. The maximum Gasteiger partial charge on any atom is 0.274 e. The number of halogens is 3. The van der Waals surface area contributed by atoms with Gasteiger partial charge in [0.1, 0.15) is 11.5 Å². The first-order chi connectivity index (χ1) is 8.99. The minimum Gasteiger partial charge on any atom is -0.384 e. The van der Waals surface area contributed by atoms with E-state index in [4.69, 9.17) is 28.9 Å². The van der Waals surface area contributed by atoms with Gasteiger partial charge in [-0.15, -0.1) is 0 Å². The number of hydrogen-bond donors (Lipinski definition) is 2. The van der Waals surface area contributed by atoms with Gasteiger partial charge >= 0.3 is 0 Å². The van der Waals surface area contributed by atoms with Crippen LogP contribution in [-0.4, -0.2) is 10.9 Å². The molecule has 2 aromatic rings. The van der Waals surface area contributed by atoms with Gasteiger partial charge in [-0.25, -0.2) is 4.98 Å². The molecule has 0 aliphatic carbocycles. The van der Waals surface area contributed by atoms with Crippen LogP contribution in [0.1, 0.15) is 10.5 Å². The molecule has 0 fully saturated rings. The van der Waals surface area contributed by atoms with Crippen molar-refractivity contribution < 1.29 is 4.79 Å². The second kappa shape index (κ2) is 5.77. The molecule has 1 aromatic carbocycles. The molecule has 0 radical (unpaired) electrons. The smallest absolute Gasteiger partial charge is 0.274 e. The highest BCUT2D eigenvalue weighted by molar-refractivity contribution is 9.10. The first-order valence-corrected chi connectivity index (χ1v) is 6.71. The van der Waals surface area contributed by atoms with Gasteiger partial charge < -0.3 is 11.1 Å². The van der Waals surface area contributed by atoms with Crippen LogP contribution in [-0.2, 0) is 0 Å². The number of nitrogens with two attached hydrogens (primary N) is 1. The van der Waals surface area contributed by atoms with Crippen molar-refractivity contribution in [2.24, 2.45) is 0 Å². The lowest BCUT2D eigenvalue weighted by molar-refractivity contribution is 0.102. The van der Waals surface area contributed by atoms with E-state index >= 15 is 0 Å². The highest BCUT2D eigenvalue weighted by Crippen LogP contribution is 2.35. The van der Waals surface area contributed by atoms with Gasteiger partial charge in [-0.2, -0.15) is 0 Å². The zero-order valence-electron chi connectivity index (χ0n) is 9.45. The van der Waals surface area contributed by atoms with Gasteiger partial charge in [0.05, 0.1) is 15.7 Å². The summed E-state index contributed by atoms with van der Waals surface area (Å²) in [5, 5.41) is 3.22. The number of carbonyl (C=O) groups is 1. The molecule has 0 spiro atoms. The third-order valence-corrected chi connectivity index (χ3v) is 4.06. The molecule has 0 atom stereocenters. The van der Waals surface area contributed by atoms with E-state index < -0.39 is 5.91 Å². The molecule has 3 N–H and O–H groups in total. The van der Waals surface area contributed by atoms with Crippen LogP contribution in [0.3, 0.4) is 0 Å². The molecule has 1 heterocycles. The van der Waals surface area contributed by atoms with Crippen LogP contribution in [0, 0.1) is 0 Å². The molecule has 7 heteroatoms. The van der Waals surface area contributed by atoms with Gasteiger partial charge in [0.2, 0.25) is 0 Å². The molecule has 2 rings (SSSR count). The zero-order chi connectivity index (χ0) is 14.0. The Balaban J connectivity index is 2.27. The summed E-state index contributed by atoms with van der Waals surface area (Å²) in [7, 11) is 0. The van der Waals surface area contributed by atoms with E-state index in [1.807, 2.05) is 0 Å². The van der Waals surface area contributed by atoms with Crippen molar-refractivity contribution in [3.8, 4) is 0 Å². The number of pyridine rings is 1. The molecule has 0 saturated carbocycles. The van der Waals surface area contributed by atoms with E-state index in [1.165, 1.54) is 0 Å². The lowest BCUT2D eigenvalue weighted by Gasteiger charge is -2.09. The van der Waals surface area contributed by atoms with Crippen LogP contribution in [0.4, 0.5) is 11.5 Å². The Kier molecular flexibility index (Phi) is 4.29. The van der Waals surface area contributed by atoms with Crippen LogP contribution in [0.25, 0.3) is 0 Å². The molecule has 0 aliphatic heterocycles. The van der Waals surface area contributed by atoms with Crippen molar-refractivity contribution in [3.63, 3.8) is 0 Å². The lowest BCUT2D eigenvalue weighted by atomic mass is 10.3. The monoisotopic (exact) mass is 359 g/mol. The van der Waals surface area contributed by atoms with E-state index in [0.717, 1.165) is 0 Å². The van der Waals surface area contributed by atoms with E-state index in [9.17, 15) is 4.79 Å². The van der Waals surface area contributed by atoms with Crippen molar-refractivity contribution in [1.82, 2.24) is 4.98 Å². The van der Waals surface area contributed by atoms with Crippen LogP contribution in [0.2, 0.25) is 10.0 Å². The number of rotatable bonds is 2. The molecule has 1 aromatic heterocycles. The zero-order valence-corrected chi connectivity index (χ0v) is 12.6. The Morgan fingerprint density at radius 3 is 2.63 bits per heavy atom. The van der Waals surface area contributed by atoms with Gasteiger partial charge in [-0.3, -0.25) is 4.79 Å². The number of amides is 1. The van der Waals surface area contributed by atoms with E-state index in [0.29, 0.717) is 15.2 Å². The summed E-state index contributed by atoms with van der Waals surface area (Å²) in [6.07, 6.45) is 0. The summed E-state index contributed by atoms with van der Waals surface area (Å²) in [5.41, 5.74) is 6.13. The molecule has 0 bridgehead atoms. The van der Waals surface area contributed by atoms with Crippen LogP contribution in [0.5, 0.6) is 0 Å². The number of anilines is 2. The third kappa shape index (κ3) is 3.18. The Hall–Kier alpha value is -1.30. The largest absolute Gasteiger partial charge is 0.384 e. The maximum absolute atomic E-state index is 12.0. The fourth-order valence-corrected chi connectivity index (χ4v) is 2.21. The normalized spacial score (nSPS) is 10.3. The standard InChI is InChI=1S/C12H8BrCl2N3O/c13-6-4-5-7(11(15)10(6)14)18-12(19)8-2-1-3-9(16)17-8/h1-5H,(H2,16,17)(H,18,19). The number of nitrogens with one attached hydrogen (secondary N) is 1. The summed E-state index contributed by atoms with van der Waals surface area (Å²) in [6.45, 7) is 0. The van der Waals surface area contributed by atoms with E-state index in [2.05, 4.69) is 26.2 Å². The van der Waals surface area contributed by atoms with Gasteiger partial charge in [-0.1, -0.05) is 29.3 Å². The molecule has 0 saturated heterocycles. The second-order valence-electron chi connectivity index (χ2n) is 3.62. The van der Waals surface area contributed by atoms with Gasteiger partial charge in [0, 0.05) is 4.47 Å². The molecular weight excluding hydrogens is 353 g/mol. The first-order valence-electron chi connectivity index (χ1n) is 5.16. The van der Waals surface area contributed by atoms with Crippen molar-refractivity contribution in [3.05, 3.63) is 50.5 Å². The Morgan fingerprint density at radius 2 is 1.95 bits per heavy atom. The predicted octanol–water partition coefficient (Wildman–Crippen LogP) is 3.99. The molecular formula is C12H8BrCl2N3O. The quantitative estimate of drug-likeness (QED) is 0.795.